The van der Waals surface area contributed by atoms with Crippen LogP contribution in [0, 0.1) is 0 Å². The van der Waals surface area contributed by atoms with Crippen LogP contribution in [0.25, 0.3) is 0 Å². The molecule has 0 saturated carbocycles. The largest absolute Gasteiger partial charge is 0.398 e. The lowest BCUT2D eigenvalue weighted by atomic mass is 10.1. The fraction of sp³-hybridized carbons (Fsp3) is 0.417. The smallest absolute Gasteiger partial charge is 0.253 e. The monoisotopic (exact) mass is 293 g/mol. The van der Waals surface area contributed by atoms with Crippen LogP contribution in [0.4, 0.5) is 5.69 Å². The maximum atomic E-state index is 11.7. The molecular weight excluding hydrogens is 273 g/mol. The topological polar surface area (TPSA) is 58.4 Å². The number of halogens is 2. The number of benzene rings is 1. The van der Waals surface area contributed by atoms with Gasteiger partial charge in [0, 0.05) is 12.2 Å². The molecule has 0 fully saturated rings. The first-order chi connectivity index (χ1) is 7.61. The van der Waals surface area contributed by atoms with E-state index in [1.807, 2.05) is 26.2 Å². The zero-order chi connectivity index (χ0) is 12.0. The number of rotatable bonds is 5. The molecule has 6 heteroatoms. The number of para-hydroxylation sites is 1. The Bertz CT molecular complexity index is 359. The number of nitrogens with two attached hydrogens (primary N) is 1. The van der Waals surface area contributed by atoms with Crippen molar-refractivity contribution in [1.82, 2.24) is 10.2 Å². The summed E-state index contributed by atoms with van der Waals surface area (Å²) in [7, 11) is 4.02. The zero-order valence-electron chi connectivity index (χ0n) is 10.7. The molecule has 1 rings (SSSR count). The van der Waals surface area contributed by atoms with Crippen molar-refractivity contribution in [1.29, 1.82) is 0 Å². The van der Waals surface area contributed by atoms with Gasteiger partial charge in [-0.3, -0.25) is 4.79 Å². The van der Waals surface area contributed by atoms with Gasteiger partial charge in [0.1, 0.15) is 0 Å². The van der Waals surface area contributed by atoms with Crippen LogP contribution >= 0.6 is 24.8 Å². The number of hydrogen-bond donors (Lipinski definition) is 2. The summed E-state index contributed by atoms with van der Waals surface area (Å²) in [4.78, 5) is 13.8. The predicted octanol–water partition coefficient (Wildman–Crippen LogP) is 1.79. The summed E-state index contributed by atoms with van der Waals surface area (Å²) < 4.78 is 0. The van der Waals surface area contributed by atoms with Crippen molar-refractivity contribution < 1.29 is 4.79 Å². The van der Waals surface area contributed by atoms with E-state index >= 15 is 0 Å². The summed E-state index contributed by atoms with van der Waals surface area (Å²) in [5.41, 5.74) is 6.77. The molecule has 0 aliphatic heterocycles. The quantitative estimate of drug-likeness (QED) is 0.643. The molecule has 4 nitrogen and oxygen atoms in total. The minimum absolute atomic E-state index is 0. The lowest BCUT2D eigenvalue weighted by Crippen LogP contribution is -2.27. The Morgan fingerprint density at radius 3 is 2.44 bits per heavy atom. The molecule has 0 aliphatic rings. The predicted molar refractivity (Wildman–Crippen MR) is 80.9 cm³/mol. The number of nitrogens with zero attached hydrogens (tertiary/aromatic N) is 1. The number of hydrogen-bond acceptors (Lipinski definition) is 3. The Labute approximate surface area is 121 Å². The number of amides is 1. The van der Waals surface area contributed by atoms with Gasteiger partial charge in [0.15, 0.2) is 0 Å². The van der Waals surface area contributed by atoms with Crippen molar-refractivity contribution in [3.05, 3.63) is 29.8 Å². The molecule has 0 bridgehead atoms. The SMILES string of the molecule is CN(C)CCCNC(=O)c1ccccc1N.Cl.Cl. The van der Waals surface area contributed by atoms with Gasteiger partial charge in [0.2, 0.25) is 0 Å². The normalized spacial score (nSPS) is 9.28. The average molecular weight is 294 g/mol. The highest BCUT2D eigenvalue weighted by atomic mass is 35.5. The van der Waals surface area contributed by atoms with Gasteiger partial charge in [-0.1, -0.05) is 12.1 Å². The Morgan fingerprint density at radius 1 is 1.28 bits per heavy atom. The molecule has 1 aromatic carbocycles. The Balaban J connectivity index is 0. The molecule has 0 aliphatic carbocycles. The molecule has 1 amide bonds. The van der Waals surface area contributed by atoms with E-state index in [0.717, 1.165) is 13.0 Å². The summed E-state index contributed by atoms with van der Waals surface area (Å²) in [6.45, 7) is 1.63. The standard InChI is InChI=1S/C12H19N3O.2ClH/c1-15(2)9-5-8-14-12(16)10-6-3-4-7-11(10)13;;/h3-4,6-7H,5,8-9,13H2,1-2H3,(H,14,16);2*1H. The number of carbonyl (C=O) groups excluding carboxylic acids is 1. The second-order valence-electron chi connectivity index (χ2n) is 4.00. The number of anilines is 1. The van der Waals surface area contributed by atoms with Crippen molar-refractivity contribution in [3.8, 4) is 0 Å². The summed E-state index contributed by atoms with van der Waals surface area (Å²) in [6.07, 6.45) is 0.936. The van der Waals surface area contributed by atoms with E-state index in [1.54, 1.807) is 12.1 Å². The molecule has 0 heterocycles. The Morgan fingerprint density at radius 2 is 1.89 bits per heavy atom. The van der Waals surface area contributed by atoms with Gasteiger partial charge in [-0.15, -0.1) is 24.8 Å². The van der Waals surface area contributed by atoms with Gasteiger partial charge < -0.3 is 16.0 Å². The summed E-state index contributed by atoms with van der Waals surface area (Å²) in [6, 6.07) is 7.09. The fourth-order valence-electron chi connectivity index (χ4n) is 1.40. The molecule has 0 unspecified atom stereocenters. The highest BCUT2D eigenvalue weighted by molar-refractivity contribution is 5.98. The average Bonchev–Trinajstić information content (AvgIpc) is 2.24. The third kappa shape index (κ3) is 6.69. The maximum absolute atomic E-state index is 11.7. The Kier molecular flexibility index (Phi) is 10.8. The van der Waals surface area contributed by atoms with Gasteiger partial charge in [-0.25, -0.2) is 0 Å². The van der Waals surface area contributed by atoms with Crippen molar-refractivity contribution in [2.75, 3.05) is 32.9 Å². The van der Waals surface area contributed by atoms with Gasteiger partial charge in [-0.2, -0.15) is 0 Å². The molecule has 0 radical (unpaired) electrons. The van der Waals surface area contributed by atoms with E-state index in [9.17, 15) is 4.79 Å². The first-order valence-electron chi connectivity index (χ1n) is 5.38. The molecule has 0 saturated heterocycles. The second kappa shape index (κ2) is 10.00. The van der Waals surface area contributed by atoms with Crippen LogP contribution in [0.2, 0.25) is 0 Å². The molecule has 0 aromatic heterocycles. The number of carbonyl (C=O) groups is 1. The number of nitrogens with one attached hydrogen (secondary N) is 1. The van der Waals surface area contributed by atoms with Crippen molar-refractivity contribution >= 4 is 36.4 Å². The molecule has 1 aromatic rings. The van der Waals surface area contributed by atoms with Crippen molar-refractivity contribution in [2.45, 2.75) is 6.42 Å². The van der Waals surface area contributed by atoms with Crippen LogP contribution in [0.1, 0.15) is 16.8 Å². The fourth-order valence-corrected chi connectivity index (χ4v) is 1.40. The van der Waals surface area contributed by atoms with Crippen LogP contribution in [-0.4, -0.2) is 38.0 Å². The minimum Gasteiger partial charge on any atom is -0.398 e. The lowest BCUT2D eigenvalue weighted by Gasteiger charge is -2.10. The molecule has 104 valence electrons. The van der Waals surface area contributed by atoms with Crippen LogP contribution in [0.5, 0.6) is 0 Å². The highest BCUT2D eigenvalue weighted by Gasteiger charge is 2.07. The molecule has 0 spiro atoms. The van der Waals surface area contributed by atoms with Crippen LogP contribution < -0.4 is 11.1 Å². The third-order valence-electron chi connectivity index (χ3n) is 2.27. The Hall–Kier alpha value is -0.970. The minimum atomic E-state index is -0.100. The second-order valence-corrected chi connectivity index (χ2v) is 4.00. The first-order valence-corrected chi connectivity index (χ1v) is 5.38. The van der Waals surface area contributed by atoms with E-state index in [2.05, 4.69) is 10.2 Å². The van der Waals surface area contributed by atoms with E-state index in [0.29, 0.717) is 17.8 Å². The summed E-state index contributed by atoms with van der Waals surface area (Å²) >= 11 is 0. The molecule has 3 N–H and O–H groups in total. The lowest BCUT2D eigenvalue weighted by molar-refractivity contribution is 0.0953. The first kappa shape index (κ1) is 19.4. The van der Waals surface area contributed by atoms with Crippen LogP contribution in [0.3, 0.4) is 0 Å². The molecule has 0 atom stereocenters. The van der Waals surface area contributed by atoms with Gasteiger partial charge in [-0.05, 0) is 39.2 Å². The zero-order valence-corrected chi connectivity index (χ0v) is 12.3. The highest BCUT2D eigenvalue weighted by Crippen LogP contribution is 2.09. The van der Waals surface area contributed by atoms with E-state index in [4.69, 9.17) is 5.73 Å². The maximum Gasteiger partial charge on any atom is 0.253 e. The van der Waals surface area contributed by atoms with Crippen LogP contribution in [-0.2, 0) is 0 Å². The van der Waals surface area contributed by atoms with E-state index in [1.165, 1.54) is 0 Å². The van der Waals surface area contributed by atoms with Crippen LogP contribution in [0.15, 0.2) is 24.3 Å². The molecular formula is C12H21Cl2N3O. The molecule has 18 heavy (non-hydrogen) atoms. The van der Waals surface area contributed by atoms with Gasteiger partial charge in [0.05, 0.1) is 5.56 Å². The summed E-state index contributed by atoms with van der Waals surface area (Å²) in [5, 5.41) is 2.85. The van der Waals surface area contributed by atoms with Gasteiger partial charge >= 0.3 is 0 Å². The van der Waals surface area contributed by atoms with Crippen molar-refractivity contribution in [2.24, 2.45) is 0 Å². The number of nitrogen functional groups attached to an aromatic ring is 1. The van der Waals surface area contributed by atoms with E-state index < -0.39 is 0 Å². The summed E-state index contributed by atoms with van der Waals surface area (Å²) in [5.74, 6) is -0.100. The third-order valence-corrected chi connectivity index (χ3v) is 2.27. The van der Waals surface area contributed by atoms with E-state index in [-0.39, 0.29) is 30.7 Å². The van der Waals surface area contributed by atoms with Gasteiger partial charge in [0.25, 0.3) is 5.91 Å². The van der Waals surface area contributed by atoms with Crippen molar-refractivity contribution in [3.63, 3.8) is 0 Å².